The lowest BCUT2D eigenvalue weighted by atomic mass is 10.2. The lowest BCUT2D eigenvalue weighted by Crippen LogP contribution is -2.32. The summed E-state index contributed by atoms with van der Waals surface area (Å²) in [6.45, 7) is 1.97. The predicted molar refractivity (Wildman–Crippen MR) is 110 cm³/mol. The van der Waals surface area contributed by atoms with Crippen molar-refractivity contribution in [2.24, 2.45) is 0 Å². The van der Waals surface area contributed by atoms with Crippen LogP contribution < -0.4 is 10.2 Å². The van der Waals surface area contributed by atoms with E-state index in [1.54, 1.807) is 0 Å². The maximum atomic E-state index is 13.7. The van der Waals surface area contributed by atoms with Crippen molar-refractivity contribution in [1.29, 1.82) is 0 Å². The topological polar surface area (TPSA) is 117 Å². The Bertz CT molecular complexity index is 1180. The van der Waals surface area contributed by atoms with Gasteiger partial charge in [0.05, 0.1) is 22.5 Å². The van der Waals surface area contributed by atoms with Crippen LogP contribution in [0.3, 0.4) is 0 Å². The Morgan fingerprint density at radius 3 is 2.30 bits per heavy atom. The monoisotopic (exact) mass is 515 g/mol. The molecule has 0 atom stereocenters. The minimum Gasteiger partial charge on any atom is -0.477 e. The van der Waals surface area contributed by atoms with Crippen LogP contribution in [-0.2, 0) is 27.1 Å². The van der Waals surface area contributed by atoms with Gasteiger partial charge in [-0.1, -0.05) is 6.92 Å². The van der Waals surface area contributed by atoms with Crippen molar-refractivity contribution in [3.05, 3.63) is 33.6 Å². The molecule has 0 spiro atoms. The van der Waals surface area contributed by atoms with Gasteiger partial charge in [0.2, 0.25) is 5.91 Å². The number of pyridine rings is 1. The van der Waals surface area contributed by atoms with Crippen LogP contribution in [0.25, 0.3) is 0 Å². The average Bonchev–Trinajstić information content (AvgIpc) is 3.16. The molecule has 0 aliphatic rings. The molecule has 0 fully saturated rings. The van der Waals surface area contributed by atoms with Crippen LogP contribution in [-0.4, -0.2) is 49.4 Å². The van der Waals surface area contributed by atoms with E-state index in [0.717, 1.165) is 17.2 Å². The largest absolute Gasteiger partial charge is 0.477 e. The minimum absolute atomic E-state index is 0.133. The highest BCUT2D eigenvalue weighted by molar-refractivity contribution is 7.91. The maximum absolute atomic E-state index is 13.7. The molecule has 0 radical (unpaired) electrons. The second-order valence-electron chi connectivity index (χ2n) is 6.72. The van der Waals surface area contributed by atoms with Crippen molar-refractivity contribution >= 4 is 44.6 Å². The minimum atomic E-state index is -5.93. The molecule has 8 nitrogen and oxygen atoms in total. The molecule has 0 saturated heterocycles. The number of halogens is 5. The molecule has 0 unspecified atom stereocenters. The number of aromatic nitrogens is 1. The molecule has 0 saturated carbocycles. The van der Waals surface area contributed by atoms with Gasteiger partial charge < -0.3 is 15.3 Å². The predicted octanol–water partition coefficient (Wildman–Crippen LogP) is 3.88. The highest BCUT2D eigenvalue weighted by Crippen LogP contribution is 2.47. The van der Waals surface area contributed by atoms with E-state index in [9.17, 15) is 45.1 Å². The molecule has 2 aromatic heterocycles. The molecule has 0 aliphatic carbocycles. The third-order valence-electron chi connectivity index (χ3n) is 4.53. The van der Waals surface area contributed by atoms with Crippen molar-refractivity contribution < 1.29 is 45.1 Å². The molecule has 0 aliphatic heterocycles. The van der Waals surface area contributed by atoms with E-state index < -0.39 is 55.7 Å². The number of aromatic carboxylic acids is 1. The van der Waals surface area contributed by atoms with Gasteiger partial charge >= 0.3 is 18.1 Å². The van der Waals surface area contributed by atoms with E-state index in [2.05, 4.69) is 10.3 Å². The van der Waals surface area contributed by atoms with Crippen LogP contribution in [0.15, 0.2) is 23.2 Å². The first kappa shape index (κ1) is 26.4. The van der Waals surface area contributed by atoms with Gasteiger partial charge in [-0.2, -0.15) is 22.0 Å². The zero-order valence-corrected chi connectivity index (χ0v) is 19.0. The first-order valence-corrected chi connectivity index (χ1v) is 11.5. The molecule has 0 bridgehead atoms. The number of carbonyl (C=O) groups is 2. The van der Waals surface area contributed by atoms with Crippen molar-refractivity contribution in [1.82, 2.24) is 4.98 Å². The molecule has 2 aromatic rings. The van der Waals surface area contributed by atoms with Gasteiger partial charge in [0, 0.05) is 20.5 Å². The number of carbonyl (C=O) groups excluding carboxylic acids is 1. The van der Waals surface area contributed by atoms with Gasteiger partial charge in [0.1, 0.15) is 15.6 Å². The first-order chi connectivity index (χ1) is 15.0. The van der Waals surface area contributed by atoms with Gasteiger partial charge in [-0.25, -0.2) is 18.2 Å². The summed E-state index contributed by atoms with van der Waals surface area (Å²) in [5.41, 5.74) is -0.285. The lowest BCUT2D eigenvalue weighted by molar-refractivity contribution is -0.287. The summed E-state index contributed by atoms with van der Waals surface area (Å²) in [5.74, 6) is -8.07. The molecular formula is C18H18F5N3O5S2. The van der Waals surface area contributed by atoms with E-state index in [1.165, 1.54) is 20.9 Å². The summed E-state index contributed by atoms with van der Waals surface area (Å²) < 4.78 is 90.4. The number of hydrogen-bond acceptors (Lipinski definition) is 7. The molecule has 182 valence electrons. The first-order valence-electron chi connectivity index (χ1n) is 9.04. The molecule has 2 N–H and O–H groups in total. The normalized spacial score (nSPS) is 12.5. The quantitative estimate of drug-likeness (QED) is 0.513. The van der Waals surface area contributed by atoms with Gasteiger partial charge in [0.25, 0.3) is 0 Å². The number of amides is 1. The number of anilines is 2. The standard InChI is InChI=1S/C18H18F5N3O5S2/c1-4-33(30,31)12-6-11(26(3)9(2)27)8-25-15(12)24-7-10-5-13(32-14(10)16(28)29)17(19,20)18(21,22)23/h5-6,8H,4,7H2,1-3H3,(H,24,25)(H,28,29). The Balaban J connectivity index is 2.49. The summed E-state index contributed by atoms with van der Waals surface area (Å²) in [6, 6.07) is 1.55. The van der Waals surface area contributed by atoms with Crippen LogP contribution >= 0.6 is 11.3 Å². The van der Waals surface area contributed by atoms with Crippen LogP contribution in [0.2, 0.25) is 0 Å². The van der Waals surface area contributed by atoms with Gasteiger partial charge in [-0.05, 0) is 17.7 Å². The Morgan fingerprint density at radius 1 is 1.21 bits per heavy atom. The summed E-state index contributed by atoms with van der Waals surface area (Å²) in [4.78, 5) is 25.4. The van der Waals surface area contributed by atoms with Crippen molar-refractivity contribution in [2.45, 2.75) is 37.4 Å². The van der Waals surface area contributed by atoms with Crippen LogP contribution in [0.1, 0.15) is 34.0 Å². The van der Waals surface area contributed by atoms with E-state index in [1.807, 2.05) is 0 Å². The molecule has 2 heterocycles. The fourth-order valence-corrected chi connectivity index (χ4v) is 4.58. The van der Waals surface area contributed by atoms with E-state index in [-0.39, 0.29) is 33.5 Å². The highest BCUT2D eigenvalue weighted by Gasteiger charge is 2.60. The summed E-state index contributed by atoms with van der Waals surface area (Å²) in [7, 11) is -2.55. The molecule has 15 heteroatoms. The summed E-state index contributed by atoms with van der Waals surface area (Å²) in [6.07, 6.45) is -4.78. The third kappa shape index (κ3) is 5.40. The molecular weight excluding hydrogens is 497 g/mol. The van der Waals surface area contributed by atoms with Crippen molar-refractivity contribution in [3.8, 4) is 0 Å². The Labute approximate surface area is 189 Å². The van der Waals surface area contributed by atoms with Crippen LogP contribution in [0, 0.1) is 0 Å². The smallest absolute Gasteiger partial charge is 0.458 e. The zero-order valence-electron chi connectivity index (χ0n) is 17.3. The number of nitrogens with one attached hydrogen (secondary N) is 1. The van der Waals surface area contributed by atoms with Gasteiger partial charge in [-0.15, -0.1) is 11.3 Å². The second-order valence-corrected chi connectivity index (χ2v) is 10.0. The number of carboxylic acid groups (broad SMARTS) is 1. The highest BCUT2D eigenvalue weighted by atomic mass is 32.2. The van der Waals surface area contributed by atoms with Gasteiger partial charge in [-0.3, -0.25) is 4.79 Å². The van der Waals surface area contributed by atoms with Crippen LogP contribution in [0.5, 0.6) is 0 Å². The second kappa shape index (κ2) is 9.21. The maximum Gasteiger partial charge on any atom is 0.458 e. The number of hydrogen-bond donors (Lipinski definition) is 2. The van der Waals surface area contributed by atoms with Gasteiger partial charge in [0.15, 0.2) is 9.84 Å². The van der Waals surface area contributed by atoms with E-state index >= 15 is 0 Å². The number of rotatable bonds is 8. The Hall–Kier alpha value is -2.81. The lowest BCUT2D eigenvalue weighted by Gasteiger charge is -2.18. The summed E-state index contributed by atoms with van der Waals surface area (Å²) >= 11 is -0.232. The number of thiophene rings is 1. The molecule has 33 heavy (non-hydrogen) atoms. The molecule has 1 amide bonds. The third-order valence-corrected chi connectivity index (χ3v) is 7.50. The van der Waals surface area contributed by atoms with Crippen LogP contribution in [0.4, 0.5) is 33.5 Å². The van der Waals surface area contributed by atoms with Crippen molar-refractivity contribution in [2.75, 3.05) is 23.0 Å². The number of alkyl halides is 5. The molecule has 2 rings (SSSR count). The fourth-order valence-electron chi connectivity index (χ4n) is 2.54. The Kier molecular flexibility index (Phi) is 7.38. The summed E-state index contributed by atoms with van der Waals surface area (Å²) in [5, 5.41) is 11.7. The number of sulfone groups is 1. The Morgan fingerprint density at radius 2 is 1.82 bits per heavy atom. The SMILES string of the molecule is CCS(=O)(=O)c1cc(N(C)C(C)=O)cnc1NCc1cc(C(F)(F)C(F)(F)F)sc1C(=O)O. The number of nitrogens with zero attached hydrogens (tertiary/aromatic N) is 2. The van der Waals surface area contributed by atoms with Crippen molar-refractivity contribution in [3.63, 3.8) is 0 Å². The fraction of sp³-hybridized carbons (Fsp3) is 0.389. The average molecular weight is 515 g/mol. The molecule has 0 aromatic carbocycles. The number of carboxylic acids is 1. The zero-order chi connectivity index (χ0) is 25.4. The van der Waals surface area contributed by atoms with E-state index in [4.69, 9.17) is 0 Å². The van der Waals surface area contributed by atoms with E-state index in [0.29, 0.717) is 6.07 Å².